The average molecular weight is 460 g/mol. The van der Waals surface area contributed by atoms with Gasteiger partial charge in [0.1, 0.15) is 11.6 Å². The zero-order valence-corrected chi connectivity index (χ0v) is 17.8. The van der Waals surface area contributed by atoms with Crippen molar-refractivity contribution < 1.29 is 22.7 Å². The molecule has 166 valence electrons. The van der Waals surface area contributed by atoms with E-state index in [4.69, 9.17) is 4.74 Å². The van der Waals surface area contributed by atoms with Gasteiger partial charge in [0.05, 0.1) is 7.11 Å². The predicted octanol–water partition coefficient (Wildman–Crippen LogP) is 5.66. The van der Waals surface area contributed by atoms with Crippen molar-refractivity contribution >= 4 is 34.9 Å². The lowest BCUT2D eigenvalue weighted by Gasteiger charge is -2.12. The molecule has 1 aromatic heterocycles. The number of carbonyl (C=O) groups excluding carboxylic acids is 1. The highest BCUT2D eigenvalue weighted by Gasteiger charge is 2.33. The zero-order valence-electron chi connectivity index (χ0n) is 16.9. The van der Waals surface area contributed by atoms with Crippen LogP contribution >= 0.6 is 11.8 Å². The van der Waals surface area contributed by atoms with Crippen molar-refractivity contribution in [2.45, 2.75) is 17.1 Å². The highest BCUT2D eigenvalue weighted by Crippen LogP contribution is 2.32. The van der Waals surface area contributed by atoms with Gasteiger partial charge in [0.15, 0.2) is 10.9 Å². The number of ether oxygens (including phenoxy) is 1. The van der Waals surface area contributed by atoms with Crippen molar-refractivity contribution in [1.29, 1.82) is 0 Å². The molecule has 0 aliphatic rings. The fourth-order valence-electron chi connectivity index (χ4n) is 2.58. The molecule has 0 atom stereocenters. The molecule has 0 spiro atoms. The Balaban J connectivity index is 1.81. The van der Waals surface area contributed by atoms with Crippen molar-refractivity contribution in [1.82, 2.24) is 9.97 Å². The van der Waals surface area contributed by atoms with Crippen LogP contribution in [0.3, 0.4) is 0 Å². The van der Waals surface area contributed by atoms with E-state index in [1.165, 1.54) is 0 Å². The molecule has 2 aromatic carbocycles. The Morgan fingerprint density at radius 1 is 1.12 bits per heavy atom. The molecule has 0 unspecified atom stereocenters. The average Bonchev–Trinajstić information content (AvgIpc) is 2.77. The number of thioether (sulfide) groups is 1. The molecule has 1 heterocycles. The van der Waals surface area contributed by atoms with Crippen LogP contribution in [-0.2, 0) is 16.7 Å². The largest absolute Gasteiger partial charge is 0.497 e. The van der Waals surface area contributed by atoms with Crippen molar-refractivity contribution in [3.63, 3.8) is 0 Å². The molecule has 3 rings (SSSR count). The van der Waals surface area contributed by atoms with Crippen molar-refractivity contribution in [2.24, 2.45) is 0 Å². The van der Waals surface area contributed by atoms with Crippen LogP contribution in [0.15, 0.2) is 72.4 Å². The summed E-state index contributed by atoms with van der Waals surface area (Å²) in [4.78, 5) is 19.3. The number of halogens is 3. The Morgan fingerprint density at radius 2 is 1.84 bits per heavy atom. The SMILES string of the molecule is C=CC(=O)Nc1cccc(Nc2cc(C(F)(F)F)nc(SCc3ccc(OC)cc3)n2)c1. The number of hydrogen-bond acceptors (Lipinski definition) is 6. The number of anilines is 3. The Hall–Kier alpha value is -3.53. The summed E-state index contributed by atoms with van der Waals surface area (Å²) in [5.74, 6) is 0.651. The topological polar surface area (TPSA) is 76.1 Å². The van der Waals surface area contributed by atoms with Crippen LogP contribution in [0.2, 0.25) is 0 Å². The molecule has 0 bridgehead atoms. The number of aromatic nitrogens is 2. The summed E-state index contributed by atoms with van der Waals surface area (Å²) in [6, 6.07) is 14.5. The first-order valence-corrected chi connectivity index (χ1v) is 10.3. The second kappa shape index (κ2) is 10.2. The summed E-state index contributed by atoms with van der Waals surface area (Å²) in [6.07, 6.45) is -3.51. The third-order valence-corrected chi connectivity index (χ3v) is 5.03. The lowest BCUT2D eigenvalue weighted by atomic mass is 10.2. The molecule has 32 heavy (non-hydrogen) atoms. The number of benzene rings is 2. The number of methoxy groups -OCH3 is 1. The minimum atomic E-state index is -4.63. The highest BCUT2D eigenvalue weighted by atomic mass is 32.2. The summed E-state index contributed by atoms with van der Waals surface area (Å²) >= 11 is 1.09. The third kappa shape index (κ3) is 6.48. The molecule has 2 N–H and O–H groups in total. The number of rotatable bonds is 8. The van der Waals surface area contributed by atoms with Gasteiger partial charge in [-0.1, -0.05) is 36.5 Å². The van der Waals surface area contributed by atoms with Gasteiger partial charge in [0.2, 0.25) is 5.91 Å². The molecule has 3 aromatic rings. The van der Waals surface area contributed by atoms with Crippen LogP contribution in [0.4, 0.5) is 30.4 Å². The molecule has 0 saturated heterocycles. The molecule has 0 radical (unpaired) electrons. The Kier molecular flexibility index (Phi) is 7.37. The summed E-state index contributed by atoms with van der Waals surface area (Å²) in [5, 5.41) is 5.41. The van der Waals surface area contributed by atoms with Crippen LogP contribution in [0, 0.1) is 0 Å². The summed E-state index contributed by atoms with van der Waals surface area (Å²) in [6.45, 7) is 3.38. The van der Waals surface area contributed by atoms with Gasteiger partial charge in [-0.2, -0.15) is 13.2 Å². The van der Waals surface area contributed by atoms with E-state index >= 15 is 0 Å². The molecular formula is C22H19F3N4O2S. The van der Waals surface area contributed by atoms with Gasteiger partial charge in [0, 0.05) is 23.2 Å². The van der Waals surface area contributed by atoms with Gasteiger partial charge in [0.25, 0.3) is 0 Å². The molecule has 1 amide bonds. The zero-order chi connectivity index (χ0) is 23.1. The highest BCUT2D eigenvalue weighted by molar-refractivity contribution is 7.98. The monoisotopic (exact) mass is 460 g/mol. The smallest absolute Gasteiger partial charge is 0.433 e. The van der Waals surface area contributed by atoms with Gasteiger partial charge in [-0.25, -0.2) is 9.97 Å². The number of nitrogens with one attached hydrogen (secondary N) is 2. The van der Waals surface area contributed by atoms with Gasteiger partial charge in [-0.05, 0) is 42.0 Å². The van der Waals surface area contributed by atoms with E-state index < -0.39 is 17.8 Å². The minimum absolute atomic E-state index is 0.0169. The normalized spacial score (nSPS) is 11.0. The first-order chi connectivity index (χ1) is 15.3. The summed E-state index contributed by atoms with van der Waals surface area (Å²) < 4.78 is 45.2. The van der Waals surface area contributed by atoms with Crippen LogP contribution in [-0.4, -0.2) is 23.0 Å². The Morgan fingerprint density at radius 3 is 2.50 bits per heavy atom. The predicted molar refractivity (Wildman–Crippen MR) is 118 cm³/mol. The maximum atomic E-state index is 13.4. The third-order valence-electron chi connectivity index (χ3n) is 4.11. The first-order valence-electron chi connectivity index (χ1n) is 9.29. The maximum absolute atomic E-state index is 13.4. The number of carbonyl (C=O) groups is 1. The summed E-state index contributed by atoms with van der Waals surface area (Å²) in [7, 11) is 1.55. The number of hydrogen-bond donors (Lipinski definition) is 2. The molecule has 10 heteroatoms. The second-order valence-electron chi connectivity index (χ2n) is 6.45. The van der Waals surface area contributed by atoms with E-state index in [1.54, 1.807) is 43.5 Å². The quantitative estimate of drug-likeness (QED) is 0.257. The molecular weight excluding hydrogens is 441 g/mol. The second-order valence-corrected chi connectivity index (χ2v) is 7.40. The fraction of sp³-hybridized carbons (Fsp3) is 0.136. The van der Waals surface area contributed by atoms with E-state index in [2.05, 4.69) is 27.2 Å². The van der Waals surface area contributed by atoms with E-state index in [0.29, 0.717) is 22.9 Å². The summed E-state index contributed by atoms with van der Waals surface area (Å²) in [5.41, 5.74) is 0.740. The van der Waals surface area contributed by atoms with Gasteiger partial charge >= 0.3 is 6.18 Å². The fourth-order valence-corrected chi connectivity index (χ4v) is 3.40. The van der Waals surface area contributed by atoms with Crippen LogP contribution in [0.25, 0.3) is 0 Å². The first kappa shape index (κ1) is 23.1. The lowest BCUT2D eigenvalue weighted by molar-refractivity contribution is -0.141. The van der Waals surface area contributed by atoms with Crippen molar-refractivity contribution in [2.75, 3.05) is 17.7 Å². The van der Waals surface area contributed by atoms with Gasteiger partial charge in [-0.15, -0.1) is 0 Å². The van der Waals surface area contributed by atoms with Gasteiger partial charge in [-0.3, -0.25) is 4.79 Å². The van der Waals surface area contributed by atoms with Crippen molar-refractivity contribution in [3.05, 3.63) is 78.5 Å². The van der Waals surface area contributed by atoms with Gasteiger partial charge < -0.3 is 15.4 Å². The van der Waals surface area contributed by atoms with E-state index in [9.17, 15) is 18.0 Å². The number of amides is 1. The van der Waals surface area contributed by atoms with Crippen molar-refractivity contribution in [3.8, 4) is 5.75 Å². The molecule has 0 saturated carbocycles. The minimum Gasteiger partial charge on any atom is -0.497 e. The number of nitrogens with zero attached hydrogens (tertiary/aromatic N) is 2. The number of alkyl halides is 3. The Labute approximate surface area is 186 Å². The molecule has 0 aliphatic carbocycles. The maximum Gasteiger partial charge on any atom is 0.433 e. The molecule has 6 nitrogen and oxygen atoms in total. The molecule has 0 aliphatic heterocycles. The van der Waals surface area contributed by atoms with Crippen LogP contribution in [0.1, 0.15) is 11.3 Å². The van der Waals surface area contributed by atoms with E-state index in [0.717, 1.165) is 29.5 Å². The van der Waals surface area contributed by atoms with E-state index in [1.807, 2.05) is 12.1 Å². The van der Waals surface area contributed by atoms with Crippen LogP contribution < -0.4 is 15.4 Å². The van der Waals surface area contributed by atoms with Crippen LogP contribution in [0.5, 0.6) is 5.75 Å². The van der Waals surface area contributed by atoms with E-state index in [-0.39, 0.29) is 11.0 Å². The lowest BCUT2D eigenvalue weighted by Crippen LogP contribution is -2.11. The standard InChI is InChI=1S/C22H19F3N4O2S/c1-3-20(30)27-16-6-4-5-15(11-16)26-19-12-18(22(23,24)25)28-21(29-19)32-13-14-7-9-17(31-2)10-8-14/h3-12H,1,13H2,2H3,(H,27,30)(H,26,28,29). The molecule has 0 fully saturated rings. The Bertz CT molecular complexity index is 1110.